The molecule has 0 rings (SSSR count). The van der Waals surface area contributed by atoms with E-state index in [1.54, 1.807) is 0 Å². The zero-order valence-electron chi connectivity index (χ0n) is 19.1. The van der Waals surface area contributed by atoms with Gasteiger partial charge in [0.1, 0.15) is 0 Å². The monoisotopic (exact) mass is 396 g/mol. The maximum atomic E-state index is 4.44. The Labute approximate surface area is 168 Å². The Morgan fingerprint density at radius 1 is 0.520 bits per heavy atom. The van der Waals surface area contributed by atoms with Crippen LogP contribution in [-0.4, -0.2) is 33.8 Å². The van der Waals surface area contributed by atoms with Crippen LogP contribution >= 0.6 is 0 Å². The normalized spacial score (nSPS) is 14.2. The SMILES string of the molecule is CC(=NC(C)(C)C)[N-]C(C)(C)C.CC(=NC(C)(C)C)[N-]C(C)(C)C.[Ni+2]. The number of rotatable bonds is 0. The fraction of sp³-hybridized carbons (Fsp3) is 0.900. The van der Waals surface area contributed by atoms with Gasteiger partial charge in [0.15, 0.2) is 0 Å². The van der Waals surface area contributed by atoms with Gasteiger partial charge in [-0.1, -0.05) is 94.8 Å². The van der Waals surface area contributed by atoms with Gasteiger partial charge in [-0.15, -0.1) is 0 Å². The molecule has 0 N–H and O–H groups in total. The number of amidine groups is 2. The maximum absolute atomic E-state index is 4.44. The van der Waals surface area contributed by atoms with Gasteiger partial charge in [0.25, 0.3) is 0 Å². The summed E-state index contributed by atoms with van der Waals surface area (Å²) in [5.41, 5.74) is -0.0602. The van der Waals surface area contributed by atoms with Gasteiger partial charge in [-0.25, -0.2) is 0 Å². The van der Waals surface area contributed by atoms with Crippen LogP contribution in [0.4, 0.5) is 0 Å². The van der Waals surface area contributed by atoms with Gasteiger partial charge < -0.3 is 20.6 Å². The third-order valence-corrected chi connectivity index (χ3v) is 1.99. The quantitative estimate of drug-likeness (QED) is 0.247. The summed E-state index contributed by atoms with van der Waals surface area (Å²) in [4.78, 5) is 8.89. The zero-order valence-corrected chi connectivity index (χ0v) is 20.1. The molecule has 0 unspecified atom stereocenters. The Morgan fingerprint density at radius 3 is 0.840 bits per heavy atom. The smallest absolute Gasteiger partial charge is 0.464 e. The van der Waals surface area contributed by atoms with Crippen LogP contribution in [0.1, 0.15) is 96.9 Å². The van der Waals surface area contributed by atoms with Crippen LogP contribution in [0.25, 0.3) is 10.6 Å². The average Bonchev–Trinajstić information content (AvgIpc) is 2.02. The van der Waals surface area contributed by atoms with Crippen molar-refractivity contribution in [3.8, 4) is 0 Å². The second-order valence-electron chi connectivity index (χ2n) is 10.2. The molecule has 5 heteroatoms. The topological polar surface area (TPSA) is 52.9 Å². The van der Waals surface area contributed by atoms with Crippen LogP contribution in [0.15, 0.2) is 9.98 Å². The molecular weight excluding hydrogens is 355 g/mol. The van der Waals surface area contributed by atoms with E-state index in [4.69, 9.17) is 0 Å². The second-order valence-corrected chi connectivity index (χ2v) is 10.2. The first-order chi connectivity index (χ1) is 10.2. The third-order valence-electron chi connectivity index (χ3n) is 1.99. The van der Waals surface area contributed by atoms with Crippen molar-refractivity contribution in [2.45, 2.75) is 119 Å². The minimum atomic E-state index is -0.0150. The van der Waals surface area contributed by atoms with E-state index in [0.717, 1.165) is 11.7 Å². The summed E-state index contributed by atoms with van der Waals surface area (Å²) in [6.45, 7) is 28.8. The van der Waals surface area contributed by atoms with E-state index < -0.39 is 0 Å². The molecule has 0 aliphatic heterocycles. The van der Waals surface area contributed by atoms with Gasteiger partial charge >= 0.3 is 16.5 Å². The summed E-state index contributed by atoms with van der Waals surface area (Å²) in [5.74, 6) is 1.77. The molecule has 0 aliphatic rings. The van der Waals surface area contributed by atoms with E-state index in [1.165, 1.54) is 0 Å². The molecule has 0 aliphatic carbocycles. The number of hydrogen-bond donors (Lipinski definition) is 0. The maximum Gasteiger partial charge on any atom is 2.00 e. The molecule has 0 bridgehead atoms. The molecule has 4 nitrogen and oxygen atoms in total. The van der Waals surface area contributed by atoms with Crippen molar-refractivity contribution in [3.05, 3.63) is 10.6 Å². The van der Waals surface area contributed by atoms with E-state index in [9.17, 15) is 0 Å². The molecule has 25 heavy (non-hydrogen) atoms. The van der Waals surface area contributed by atoms with Crippen LogP contribution in [0.3, 0.4) is 0 Å². The van der Waals surface area contributed by atoms with Crippen molar-refractivity contribution in [2.75, 3.05) is 0 Å². The summed E-state index contributed by atoms with van der Waals surface area (Å²) in [5, 5.41) is 8.89. The zero-order chi connectivity index (χ0) is 20.0. The molecule has 152 valence electrons. The Morgan fingerprint density at radius 2 is 0.720 bits per heavy atom. The average molecular weight is 397 g/mol. The number of nitrogens with zero attached hydrogens (tertiary/aromatic N) is 4. The van der Waals surface area contributed by atoms with Gasteiger partial charge in [-0.2, -0.15) is 0 Å². The van der Waals surface area contributed by atoms with Crippen LogP contribution < -0.4 is 0 Å². The number of hydrogen-bond acceptors (Lipinski definition) is 2. The summed E-state index contributed by atoms with van der Waals surface area (Å²) >= 11 is 0. The van der Waals surface area contributed by atoms with Crippen molar-refractivity contribution in [1.29, 1.82) is 0 Å². The molecule has 0 saturated carbocycles. The minimum absolute atomic E-state index is 0. The minimum Gasteiger partial charge on any atom is -0.464 e. The molecule has 0 aromatic rings. The van der Waals surface area contributed by atoms with Crippen molar-refractivity contribution in [2.24, 2.45) is 9.98 Å². The molecular formula is C20H42N4Ni. The van der Waals surface area contributed by atoms with E-state index in [0.29, 0.717) is 0 Å². The largest absolute Gasteiger partial charge is 2.00 e. The predicted molar refractivity (Wildman–Crippen MR) is 112 cm³/mol. The molecule has 0 heterocycles. The second kappa shape index (κ2) is 10.6. The summed E-state index contributed by atoms with van der Waals surface area (Å²) in [7, 11) is 0. The Balaban J connectivity index is -0.000000372. The van der Waals surface area contributed by atoms with Crippen molar-refractivity contribution >= 4 is 11.7 Å². The first kappa shape index (κ1) is 29.2. The Bertz CT molecular complexity index is 383. The molecule has 0 atom stereocenters. The summed E-state index contributed by atoms with van der Waals surface area (Å²) in [6.07, 6.45) is 0. The first-order valence-electron chi connectivity index (χ1n) is 8.79. The van der Waals surface area contributed by atoms with Crippen LogP contribution in [0.2, 0.25) is 0 Å². The van der Waals surface area contributed by atoms with Gasteiger partial charge in [0.05, 0.1) is 0 Å². The predicted octanol–water partition coefficient (Wildman–Crippen LogP) is 6.75. The Hall–Kier alpha value is -0.566. The van der Waals surface area contributed by atoms with Crippen molar-refractivity contribution < 1.29 is 16.5 Å². The molecule has 0 spiro atoms. The standard InChI is InChI=1S/2C10H21N2.Ni/c2*1-8(11-9(2,3)4)12-10(5,6)7;/h2*1-7H3;/q2*-1;+2. The van der Waals surface area contributed by atoms with Crippen LogP contribution in [0, 0.1) is 0 Å². The van der Waals surface area contributed by atoms with Gasteiger partial charge in [-0.3, -0.25) is 0 Å². The van der Waals surface area contributed by atoms with Gasteiger partial charge in [0, 0.05) is 0 Å². The van der Waals surface area contributed by atoms with E-state index in [-0.39, 0.29) is 38.6 Å². The molecule has 0 radical (unpaired) electrons. The van der Waals surface area contributed by atoms with Crippen molar-refractivity contribution in [3.63, 3.8) is 0 Å². The fourth-order valence-electron chi connectivity index (χ4n) is 1.99. The molecule has 0 aromatic carbocycles. The first-order valence-corrected chi connectivity index (χ1v) is 8.79. The van der Waals surface area contributed by atoms with E-state index in [2.05, 4.69) is 104 Å². The van der Waals surface area contributed by atoms with E-state index >= 15 is 0 Å². The fourth-order valence-corrected chi connectivity index (χ4v) is 1.99. The molecule has 0 saturated heterocycles. The van der Waals surface area contributed by atoms with Crippen LogP contribution in [-0.2, 0) is 16.5 Å². The number of aliphatic imine (C=N–C) groups is 2. The molecule has 0 amide bonds. The molecule has 0 fully saturated rings. The van der Waals surface area contributed by atoms with Gasteiger partial charge in [-0.05, 0) is 36.0 Å². The summed E-state index contributed by atoms with van der Waals surface area (Å²) < 4.78 is 0. The van der Waals surface area contributed by atoms with Crippen LogP contribution in [0.5, 0.6) is 0 Å². The third kappa shape index (κ3) is 28.5. The van der Waals surface area contributed by atoms with Crippen molar-refractivity contribution in [1.82, 2.24) is 0 Å². The molecule has 0 aromatic heterocycles. The summed E-state index contributed by atoms with van der Waals surface area (Å²) in [6, 6.07) is 0. The van der Waals surface area contributed by atoms with E-state index in [1.807, 2.05) is 13.8 Å². The Kier molecular flexibility index (Phi) is 12.3. The van der Waals surface area contributed by atoms with Gasteiger partial charge in [0.2, 0.25) is 0 Å².